The summed E-state index contributed by atoms with van der Waals surface area (Å²) in [5.74, 6) is -0.467. The van der Waals surface area contributed by atoms with Crippen LogP contribution in [0.25, 0.3) is 0 Å². The van der Waals surface area contributed by atoms with Crippen LogP contribution < -0.4 is 15.8 Å². The van der Waals surface area contributed by atoms with Crippen LogP contribution in [0.2, 0.25) is 5.02 Å². The van der Waals surface area contributed by atoms with E-state index in [2.05, 4.69) is 5.32 Å². The number of amides is 1. The summed E-state index contributed by atoms with van der Waals surface area (Å²) in [7, 11) is 0. The van der Waals surface area contributed by atoms with Gasteiger partial charge in [0.2, 0.25) is 5.91 Å². The highest BCUT2D eigenvalue weighted by Gasteiger charge is 2.08. The van der Waals surface area contributed by atoms with Crippen molar-refractivity contribution < 1.29 is 13.9 Å². The Morgan fingerprint density at radius 3 is 2.56 bits per heavy atom. The fraction of sp³-hybridized carbons (Fsp3) is 0.316. The smallest absolute Gasteiger partial charge is 0.224 e. The number of halogens is 2. The Morgan fingerprint density at radius 1 is 1.16 bits per heavy atom. The van der Waals surface area contributed by atoms with E-state index in [1.165, 1.54) is 17.7 Å². The van der Waals surface area contributed by atoms with Crippen LogP contribution in [0.5, 0.6) is 5.75 Å². The summed E-state index contributed by atoms with van der Waals surface area (Å²) in [6.45, 7) is 1.14. The fourth-order valence-electron chi connectivity index (χ4n) is 2.36. The average molecular weight is 365 g/mol. The van der Waals surface area contributed by atoms with Gasteiger partial charge in [0, 0.05) is 18.1 Å². The summed E-state index contributed by atoms with van der Waals surface area (Å²) >= 11 is 5.84. The predicted molar refractivity (Wildman–Crippen MR) is 97.4 cm³/mol. The molecule has 0 aliphatic carbocycles. The molecule has 0 radical (unpaired) electrons. The Bertz CT molecular complexity index is 692. The van der Waals surface area contributed by atoms with Crippen molar-refractivity contribution in [3.63, 3.8) is 0 Å². The van der Waals surface area contributed by atoms with E-state index in [9.17, 15) is 9.18 Å². The van der Waals surface area contributed by atoms with Gasteiger partial charge in [-0.25, -0.2) is 4.39 Å². The molecule has 0 unspecified atom stereocenters. The number of nitrogens with one attached hydrogen (secondary N) is 1. The molecular weight excluding hydrogens is 343 g/mol. The highest BCUT2D eigenvalue weighted by Crippen LogP contribution is 2.18. The molecule has 134 valence electrons. The number of hydrogen-bond acceptors (Lipinski definition) is 3. The zero-order valence-corrected chi connectivity index (χ0v) is 14.7. The quantitative estimate of drug-likeness (QED) is 0.672. The maximum absolute atomic E-state index is 13.8. The van der Waals surface area contributed by atoms with Crippen molar-refractivity contribution >= 4 is 17.5 Å². The largest absolute Gasteiger partial charge is 0.489 e. The molecule has 3 N–H and O–H groups in total. The molecule has 0 fully saturated rings. The van der Waals surface area contributed by atoms with E-state index < -0.39 is 5.82 Å². The van der Waals surface area contributed by atoms with Crippen molar-refractivity contribution in [3.8, 4) is 5.75 Å². The lowest BCUT2D eigenvalue weighted by atomic mass is 10.1. The molecule has 0 atom stereocenters. The molecule has 0 aliphatic rings. The highest BCUT2D eigenvalue weighted by molar-refractivity contribution is 6.30. The number of carbonyl (C=O) groups is 1. The van der Waals surface area contributed by atoms with Gasteiger partial charge in [-0.05, 0) is 48.2 Å². The van der Waals surface area contributed by atoms with Gasteiger partial charge in [0.1, 0.15) is 6.61 Å². The van der Waals surface area contributed by atoms with Gasteiger partial charge in [0.05, 0.1) is 6.42 Å². The van der Waals surface area contributed by atoms with E-state index in [0.29, 0.717) is 23.7 Å². The molecule has 0 aromatic heterocycles. The molecule has 1 amide bonds. The van der Waals surface area contributed by atoms with E-state index in [-0.39, 0.29) is 24.7 Å². The zero-order chi connectivity index (χ0) is 18.1. The minimum absolute atomic E-state index is 0.133. The Hall–Kier alpha value is -2.11. The van der Waals surface area contributed by atoms with E-state index in [1.54, 1.807) is 6.07 Å². The molecule has 0 saturated carbocycles. The van der Waals surface area contributed by atoms with Gasteiger partial charge in [-0.1, -0.05) is 29.8 Å². The minimum Gasteiger partial charge on any atom is -0.489 e. The molecule has 0 heterocycles. The minimum atomic E-state index is -0.485. The van der Waals surface area contributed by atoms with Crippen molar-refractivity contribution in [1.82, 2.24) is 5.32 Å². The third-order valence-corrected chi connectivity index (χ3v) is 3.87. The van der Waals surface area contributed by atoms with Gasteiger partial charge in [-0.15, -0.1) is 0 Å². The first-order valence-electron chi connectivity index (χ1n) is 8.21. The molecule has 25 heavy (non-hydrogen) atoms. The standard InChI is InChI=1S/C19H22ClFN2O2/c20-16-6-3-14(4-7-16)2-1-10-23-19(24)13-15-5-8-18(17(21)12-15)25-11-9-22/h3-8,12H,1-2,9-11,13,22H2,(H,23,24). The lowest BCUT2D eigenvalue weighted by molar-refractivity contribution is -0.120. The van der Waals surface area contributed by atoms with Crippen LogP contribution in [0.3, 0.4) is 0 Å². The predicted octanol–water partition coefficient (Wildman–Crippen LogP) is 3.11. The maximum Gasteiger partial charge on any atom is 0.224 e. The Balaban J connectivity index is 1.72. The SMILES string of the molecule is NCCOc1ccc(CC(=O)NCCCc2ccc(Cl)cc2)cc1F. The zero-order valence-electron chi connectivity index (χ0n) is 13.9. The van der Waals surface area contributed by atoms with Crippen molar-refractivity contribution in [2.75, 3.05) is 19.7 Å². The van der Waals surface area contributed by atoms with Crippen molar-refractivity contribution in [1.29, 1.82) is 0 Å². The molecule has 4 nitrogen and oxygen atoms in total. The third-order valence-electron chi connectivity index (χ3n) is 3.61. The number of hydrogen-bond donors (Lipinski definition) is 2. The average Bonchev–Trinajstić information content (AvgIpc) is 2.59. The molecule has 0 saturated heterocycles. The number of rotatable bonds is 9. The van der Waals surface area contributed by atoms with Crippen molar-refractivity contribution in [2.24, 2.45) is 5.73 Å². The van der Waals surface area contributed by atoms with E-state index in [1.807, 2.05) is 24.3 Å². The molecule has 0 bridgehead atoms. The third kappa shape index (κ3) is 6.72. The Kier molecular flexibility index (Phi) is 7.70. The maximum atomic E-state index is 13.8. The monoisotopic (exact) mass is 364 g/mol. The van der Waals surface area contributed by atoms with E-state index >= 15 is 0 Å². The van der Waals surface area contributed by atoms with Gasteiger partial charge in [0.15, 0.2) is 11.6 Å². The van der Waals surface area contributed by atoms with Gasteiger partial charge in [0.25, 0.3) is 0 Å². The first kappa shape index (κ1) is 19.2. The number of carbonyl (C=O) groups excluding carboxylic acids is 1. The van der Waals surface area contributed by atoms with E-state index in [0.717, 1.165) is 12.8 Å². The van der Waals surface area contributed by atoms with Gasteiger partial charge in [-0.2, -0.15) is 0 Å². The molecule has 2 aromatic rings. The lowest BCUT2D eigenvalue weighted by Gasteiger charge is -2.08. The van der Waals surface area contributed by atoms with Crippen LogP contribution in [-0.4, -0.2) is 25.6 Å². The number of ether oxygens (including phenoxy) is 1. The molecule has 2 rings (SSSR count). The van der Waals surface area contributed by atoms with Gasteiger partial charge in [-0.3, -0.25) is 4.79 Å². The Labute approximate surface area is 152 Å². The summed E-state index contributed by atoms with van der Waals surface area (Å²) in [5.41, 5.74) is 7.10. The van der Waals surface area contributed by atoms with Gasteiger partial charge < -0.3 is 15.8 Å². The lowest BCUT2D eigenvalue weighted by Crippen LogP contribution is -2.26. The van der Waals surface area contributed by atoms with Crippen LogP contribution in [0.1, 0.15) is 17.5 Å². The summed E-state index contributed by atoms with van der Waals surface area (Å²) in [4.78, 5) is 11.9. The normalized spacial score (nSPS) is 10.5. The first-order valence-corrected chi connectivity index (χ1v) is 8.58. The second-order valence-corrected chi connectivity index (χ2v) is 6.10. The fourth-order valence-corrected chi connectivity index (χ4v) is 2.49. The summed E-state index contributed by atoms with van der Waals surface area (Å²) in [5, 5.41) is 3.56. The number of benzene rings is 2. The Morgan fingerprint density at radius 2 is 1.88 bits per heavy atom. The number of aryl methyl sites for hydroxylation is 1. The van der Waals surface area contributed by atoms with Crippen molar-refractivity contribution in [2.45, 2.75) is 19.3 Å². The number of nitrogens with two attached hydrogens (primary N) is 1. The van der Waals surface area contributed by atoms with E-state index in [4.69, 9.17) is 22.1 Å². The second kappa shape index (κ2) is 10.0. The summed E-state index contributed by atoms with van der Waals surface area (Å²) in [6.07, 6.45) is 1.82. The van der Waals surface area contributed by atoms with Crippen LogP contribution >= 0.6 is 11.6 Å². The molecular formula is C19H22ClFN2O2. The van der Waals surface area contributed by atoms with Gasteiger partial charge >= 0.3 is 0 Å². The first-order chi connectivity index (χ1) is 12.1. The van der Waals surface area contributed by atoms with Crippen LogP contribution in [0, 0.1) is 5.82 Å². The molecule has 6 heteroatoms. The second-order valence-electron chi connectivity index (χ2n) is 5.66. The topological polar surface area (TPSA) is 64.3 Å². The summed E-state index contributed by atoms with van der Waals surface area (Å²) < 4.78 is 19.0. The highest BCUT2D eigenvalue weighted by atomic mass is 35.5. The summed E-state index contributed by atoms with van der Waals surface area (Å²) in [6, 6.07) is 12.2. The van der Waals surface area contributed by atoms with Crippen LogP contribution in [-0.2, 0) is 17.6 Å². The molecule has 0 aliphatic heterocycles. The molecule has 0 spiro atoms. The molecule has 2 aromatic carbocycles. The van der Waals surface area contributed by atoms with Crippen LogP contribution in [0.4, 0.5) is 4.39 Å². The van der Waals surface area contributed by atoms with Crippen LogP contribution in [0.15, 0.2) is 42.5 Å². The van der Waals surface area contributed by atoms with Crippen molar-refractivity contribution in [3.05, 3.63) is 64.4 Å².